The van der Waals surface area contributed by atoms with E-state index in [0.29, 0.717) is 18.0 Å². The van der Waals surface area contributed by atoms with Crippen LogP contribution in [0.2, 0.25) is 0 Å². The SMILES string of the molecule is CC(C)(C)OC(=O)NCC1CCCC1NC1CC=CCC1. The van der Waals surface area contributed by atoms with Crippen LogP contribution in [0.4, 0.5) is 4.79 Å². The molecule has 120 valence electrons. The summed E-state index contributed by atoms with van der Waals surface area (Å²) in [6.07, 6.45) is 11.5. The van der Waals surface area contributed by atoms with Gasteiger partial charge in [0.25, 0.3) is 0 Å². The molecule has 2 aliphatic carbocycles. The summed E-state index contributed by atoms with van der Waals surface area (Å²) >= 11 is 0. The summed E-state index contributed by atoms with van der Waals surface area (Å²) < 4.78 is 5.30. The number of allylic oxidation sites excluding steroid dienone is 1. The zero-order valence-corrected chi connectivity index (χ0v) is 13.7. The van der Waals surface area contributed by atoms with Gasteiger partial charge in [-0.2, -0.15) is 0 Å². The van der Waals surface area contributed by atoms with Gasteiger partial charge in [0.15, 0.2) is 0 Å². The van der Waals surface area contributed by atoms with Crippen LogP contribution in [0.1, 0.15) is 59.3 Å². The largest absolute Gasteiger partial charge is 0.444 e. The third-order valence-corrected chi connectivity index (χ3v) is 4.29. The van der Waals surface area contributed by atoms with E-state index >= 15 is 0 Å². The van der Waals surface area contributed by atoms with Crippen molar-refractivity contribution in [3.8, 4) is 0 Å². The van der Waals surface area contributed by atoms with Crippen molar-refractivity contribution in [1.29, 1.82) is 0 Å². The molecule has 1 saturated carbocycles. The number of amides is 1. The molecule has 0 radical (unpaired) electrons. The van der Waals surface area contributed by atoms with Gasteiger partial charge in [0, 0.05) is 18.6 Å². The van der Waals surface area contributed by atoms with Crippen LogP contribution < -0.4 is 10.6 Å². The van der Waals surface area contributed by atoms with Crippen LogP contribution in [0.15, 0.2) is 12.2 Å². The second-order valence-corrected chi connectivity index (χ2v) is 7.33. The van der Waals surface area contributed by atoms with Gasteiger partial charge in [-0.05, 0) is 58.8 Å². The van der Waals surface area contributed by atoms with Gasteiger partial charge in [-0.1, -0.05) is 18.6 Å². The standard InChI is InChI=1S/C17H30N2O2/c1-17(2,3)21-16(20)18-12-13-8-7-11-15(13)19-14-9-5-4-6-10-14/h4-5,13-15,19H,6-12H2,1-3H3,(H,18,20). The molecule has 0 spiro atoms. The highest BCUT2D eigenvalue weighted by atomic mass is 16.6. The summed E-state index contributed by atoms with van der Waals surface area (Å²) in [6.45, 7) is 6.39. The van der Waals surface area contributed by atoms with Crippen molar-refractivity contribution in [2.45, 2.75) is 77.0 Å². The number of rotatable bonds is 4. The Balaban J connectivity index is 1.74. The predicted molar refractivity (Wildman–Crippen MR) is 85.3 cm³/mol. The van der Waals surface area contributed by atoms with E-state index in [1.165, 1.54) is 32.1 Å². The summed E-state index contributed by atoms with van der Waals surface area (Å²) in [4.78, 5) is 11.7. The molecule has 0 aromatic heterocycles. The average molecular weight is 294 g/mol. The molecule has 4 nitrogen and oxygen atoms in total. The lowest BCUT2D eigenvalue weighted by Gasteiger charge is -2.28. The summed E-state index contributed by atoms with van der Waals surface area (Å²) in [5.41, 5.74) is -0.425. The van der Waals surface area contributed by atoms with Crippen LogP contribution >= 0.6 is 0 Å². The third-order valence-electron chi connectivity index (χ3n) is 4.29. The minimum atomic E-state index is -0.425. The van der Waals surface area contributed by atoms with Crippen LogP contribution in [0.25, 0.3) is 0 Å². The minimum Gasteiger partial charge on any atom is -0.444 e. The van der Waals surface area contributed by atoms with Crippen LogP contribution in [0.5, 0.6) is 0 Å². The molecule has 0 aliphatic heterocycles. The highest BCUT2D eigenvalue weighted by Gasteiger charge is 2.29. The van der Waals surface area contributed by atoms with Crippen molar-refractivity contribution >= 4 is 6.09 Å². The normalized spacial score (nSPS) is 29.4. The summed E-state index contributed by atoms with van der Waals surface area (Å²) in [6, 6.07) is 1.15. The second kappa shape index (κ2) is 7.30. The van der Waals surface area contributed by atoms with Gasteiger partial charge < -0.3 is 15.4 Å². The van der Waals surface area contributed by atoms with Crippen molar-refractivity contribution in [2.75, 3.05) is 6.54 Å². The summed E-state index contributed by atoms with van der Waals surface area (Å²) in [5, 5.41) is 6.73. The lowest BCUT2D eigenvalue weighted by Crippen LogP contribution is -2.44. The van der Waals surface area contributed by atoms with Crippen LogP contribution in [-0.4, -0.2) is 30.3 Å². The molecule has 0 aromatic rings. The number of hydrogen-bond donors (Lipinski definition) is 2. The maximum atomic E-state index is 11.7. The Kier molecular flexibility index (Phi) is 5.68. The molecule has 2 N–H and O–H groups in total. The first-order chi connectivity index (χ1) is 9.94. The molecule has 0 saturated heterocycles. The van der Waals surface area contributed by atoms with E-state index in [1.54, 1.807) is 0 Å². The van der Waals surface area contributed by atoms with Gasteiger partial charge >= 0.3 is 6.09 Å². The molecule has 3 atom stereocenters. The molecule has 3 unspecified atom stereocenters. The van der Waals surface area contributed by atoms with Gasteiger partial charge in [-0.15, -0.1) is 0 Å². The molecule has 0 heterocycles. The predicted octanol–water partition coefficient (Wildman–Crippen LogP) is 3.38. The minimum absolute atomic E-state index is 0.297. The molecule has 2 aliphatic rings. The van der Waals surface area contributed by atoms with E-state index in [0.717, 1.165) is 13.0 Å². The molecule has 1 fully saturated rings. The zero-order valence-electron chi connectivity index (χ0n) is 13.7. The number of hydrogen-bond acceptors (Lipinski definition) is 3. The number of carbonyl (C=O) groups excluding carboxylic acids is 1. The van der Waals surface area contributed by atoms with Crippen molar-refractivity contribution < 1.29 is 9.53 Å². The van der Waals surface area contributed by atoms with Crippen LogP contribution in [0, 0.1) is 5.92 Å². The fraction of sp³-hybridized carbons (Fsp3) is 0.824. The van der Waals surface area contributed by atoms with E-state index in [4.69, 9.17) is 4.74 Å². The van der Waals surface area contributed by atoms with Crippen LogP contribution in [0.3, 0.4) is 0 Å². The Hall–Kier alpha value is -1.03. The fourth-order valence-electron chi connectivity index (χ4n) is 3.28. The monoisotopic (exact) mass is 294 g/mol. The Bertz CT molecular complexity index is 373. The number of ether oxygens (including phenoxy) is 1. The number of carbonyl (C=O) groups is 1. The average Bonchev–Trinajstić information content (AvgIpc) is 2.83. The first-order valence-electron chi connectivity index (χ1n) is 8.32. The highest BCUT2D eigenvalue weighted by molar-refractivity contribution is 5.67. The molecular formula is C17H30N2O2. The number of nitrogens with one attached hydrogen (secondary N) is 2. The van der Waals surface area contributed by atoms with E-state index < -0.39 is 5.60 Å². The van der Waals surface area contributed by atoms with Gasteiger partial charge in [0.1, 0.15) is 5.60 Å². The van der Waals surface area contributed by atoms with Crippen LogP contribution in [-0.2, 0) is 4.74 Å². The Morgan fingerprint density at radius 2 is 2.05 bits per heavy atom. The smallest absolute Gasteiger partial charge is 0.407 e. The summed E-state index contributed by atoms with van der Waals surface area (Å²) in [7, 11) is 0. The molecule has 0 bridgehead atoms. The maximum Gasteiger partial charge on any atom is 0.407 e. The molecule has 2 rings (SSSR count). The Morgan fingerprint density at radius 3 is 2.71 bits per heavy atom. The molecule has 21 heavy (non-hydrogen) atoms. The van der Waals surface area contributed by atoms with E-state index in [2.05, 4.69) is 22.8 Å². The van der Waals surface area contributed by atoms with E-state index in [-0.39, 0.29) is 6.09 Å². The van der Waals surface area contributed by atoms with Crippen molar-refractivity contribution in [3.05, 3.63) is 12.2 Å². The lowest BCUT2D eigenvalue weighted by atomic mass is 9.97. The van der Waals surface area contributed by atoms with Gasteiger partial charge in [0.2, 0.25) is 0 Å². The summed E-state index contributed by atoms with van der Waals surface area (Å²) in [5.74, 6) is 0.531. The highest BCUT2D eigenvalue weighted by Crippen LogP contribution is 2.27. The van der Waals surface area contributed by atoms with Crippen molar-refractivity contribution in [2.24, 2.45) is 5.92 Å². The third kappa shape index (κ3) is 5.70. The quantitative estimate of drug-likeness (QED) is 0.782. The number of alkyl carbamates (subject to hydrolysis) is 1. The zero-order chi connectivity index (χ0) is 15.3. The van der Waals surface area contributed by atoms with E-state index in [1.807, 2.05) is 20.8 Å². The van der Waals surface area contributed by atoms with Crippen molar-refractivity contribution in [1.82, 2.24) is 10.6 Å². The lowest BCUT2D eigenvalue weighted by molar-refractivity contribution is 0.0517. The molecule has 4 heteroatoms. The molecular weight excluding hydrogens is 264 g/mol. The second-order valence-electron chi connectivity index (χ2n) is 7.33. The fourth-order valence-corrected chi connectivity index (χ4v) is 3.28. The van der Waals surface area contributed by atoms with Gasteiger partial charge in [0.05, 0.1) is 0 Å². The topological polar surface area (TPSA) is 50.4 Å². The Morgan fingerprint density at radius 1 is 1.24 bits per heavy atom. The maximum absolute atomic E-state index is 11.7. The van der Waals surface area contributed by atoms with Crippen molar-refractivity contribution in [3.63, 3.8) is 0 Å². The first kappa shape index (κ1) is 16.3. The molecule has 0 aromatic carbocycles. The Labute approximate surface area is 128 Å². The van der Waals surface area contributed by atoms with Gasteiger partial charge in [-0.25, -0.2) is 4.79 Å². The van der Waals surface area contributed by atoms with E-state index in [9.17, 15) is 4.79 Å². The first-order valence-corrected chi connectivity index (χ1v) is 8.32. The molecule has 1 amide bonds. The van der Waals surface area contributed by atoms with Gasteiger partial charge in [-0.3, -0.25) is 0 Å².